The third kappa shape index (κ3) is 10.7. The van der Waals surface area contributed by atoms with Crippen molar-refractivity contribution in [3.63, 3.8) is 0 Å². The van der Waals surface area contributed by atoms with Crippen molar-refractivity contribution in [3.8, 4) is 23.7 Å². The average Bonchev–Trinajstić information content (AvgIpc) is 2.72. The second kappa shape index (κ2) is 13.6. The lowest BCUT2D eigenvalue weighted by atomic mass is 9.98. The molecule has 0 unspecified atom stereocenters. The normalized spacial score (nSPS) is 10.8. The van der Waals surface area contributed by atoms with Crippen molar-refractivity contribution >= 4 is 12.4 Å². The van der Waals surface area contributed by atoms with Crippen molar-refractivity contribution in [1.82, 2.24) is 4.90 Å². The highest BCUT2D eigenvalue weighted by atomic mass is 35.5. The quantitative estimate of drug-likeness (QED) is 0.428. The minimum atomic E-state index is 0. The number of rotatable bonds is 9. The maximum absolute atomic E-state index is 9.03. The highest BCUT2D eigenvalue weighted by Gasteiger charge is 2.06. The summed E-state index contributed by atoms with van der Waals surface area (Å²) in [5, 5.41) is 9.03. The van der Waals surface area contributed by atoms with E-state index < -0.39 is 0 Å². The molecular formula is C27H33ClN2O. The lowest BCUT2D eigenvalue weighted by Crippen LogP contribution is -2.24. The molecule has 0 spiro atoms. The van der Waals surface area contributed by atoms with E-state index in [1.165, 1.54) is 5.56 Å². The number of nitrogens with zero attached hydrogens (tertiary/aromatic N) is 2. The molecule has 0 N–H and O–H groups in total. The molecule has 4 heteroatoms. The van der Waals surface area contributed by atoms with Gasteiger partial charge in [-0.3, -0.25) is 4.90 Å². The number of allylic oxidation sites excluding steroid dienone is 1. The fourth-order valence-electron chi connectivity index (χ4n) is 2.96. The number of benzene rings is 2. The second-order valence-corrected chi connectivity index (χ2v) is 8.41. The van der Waals surface area contributed by atoms with Gasteiger partial charge in [-0.15, -0.1) is 12.4 Å². The Morgan fingerprint density at radius 2 is 1.81 bits per heavy atom. The van der Waals surface area contributed by atoms with E-state index in [1.54, 1.807) is 6.07 Å². The van der Waals surface area contributed by atoms with Crippen LogP contribution in [0.1, 0.15) is 50.8 Å². The molecule has 0 aliphatic heterocycles. The van der Waals surface area contributed by atoms with Crippen LogP contribution in [0, 0.1) is 28.6 Å². The summed E-state index contributed by atoms with van der Waals surface area (Å²) in [5.74, 6) is 7.21. The maximum Gasteiger partial charge on any atom is 0.120 e. The number of hydrogen-bond acceptors (Lipinski definition) is 3. The zero-order valence-electron chi connectivity index (χ0n) is 19.0. The smallest absolute Gasteiger partial charge is 0.120 e. The molecule has 164 valence electrons. The molecule has 0 saturated heterocycles. The van der Waals surface area contributed by atoms with Gasteiger partial charge >= 0.3 is 0 Å². The minimum absolute atomic E-state index is 0. The number of hydrogen-bond donors (Lipinski definition) is 0. The molecule has 0 aliphatic carbocycles. The van der Waals surface area contributed by atoms with Crippen molar-refractivity contribution < 1.29 is 4.74 Å². The summed E-state index contributed by atoms with van der Waals surface area (Å²) in [4.78, 5) is 2.41. The summed E-state index contributed by atoms with van der Waals surface area (Å²) in [6.45, 7) is 11.8. The largest absolute Gasteiger partial charge is 0.489 e. The third-order valence-electron chi connectivity index (χ3n) is 4.32. The predicted molar refractivity (Wildman–Crippen MR) is 131 cm³/mol. The van der Waals surface area contributed by atoms with Gasteiger partial charge in [0.05, 0.1) is 11.6 Å². The Balaban J connectivity index is 0.00000480. The second-order valence-electron chi connectivity index (χ2n) is 8.41. The van der Waals surface area contributed by atoms with Crippen molar-refractivity contribution in [1.29, 1.82) is 5.26 Å². The van der Waals surface area contributed by atoms with Crippen molar-refractivity contribution in [2.24, 2.45) is 5.41 Å². The van der Waals surface area contributed by atoms with Crippen LogP contribution in [0.4, 0.5) is 0 Å². The van der Waals surface area contributed by atoms with Crippen LogP contribution >= 0.6 is 12.4 Å². The predicted octanol–water partition coefficient (Wildman–Crippen LogP) is 6.38. The van der Waals surface area contributed by atoms with Crippen LogP contribution in [0.15, 0.2) is 60.7 Å². The van der Waals surface area contributed by atoms with E-state index in [4.69, 9.17) is 10.00 Å². The van der Waals surface area contributed by atoms with Gasteiger partial charge < -0.3 is 4.74 Å². The summed E-state index contributed by atoms with van der Waals surface area (Å²) < 4.78 is 5.96. The Kier molecular flexibility index (Phi) is 11.5. The van der Waals surface area contributed by atoms with Crippen LogP contribution in [0.25, 0.3) is 0 Å². The third-order valence-corrected chi connectivity index (χ3v) is 4.32. The molecular weight excluding hydrogens is 404 g/mol. The van der Waals surface area contributed by atoms with Crippen LogP contribution in [0.2, 0.25) is 0 Å². The highest BCUT2D eigenvalue weighted by molar-refractivity contribution is 5.85. The number of halogens is 1. The maximum atomic E-state index is 9.03. The molecule has 31 heavy (non-hydrogen) atoms. The molecule has 0 radical (unpaired) electrons. The van der Waals surface area contributed by atoms with Crippen LogP contribution in [0.5, 0.6) is 5.75 Å². The van der Waals surface area contributed by atoms with Gasteiger partial charge in [0.1, 0.15) is 12.4 Å². The Hall–Kier alpha value is -2.72. The van der Waals surface area contributed by atoms with Gasteiger partial charge in [-0.25, -0.2) is 0 Å². The topological polar surface area (TPSA) is 36.3 Å². The zero-order valence-corrected chi connectivity index (χ0v) is 19.8. The standard InChI is InChI=1S/C27H32N2O.ClH/c1-5-16-29(17-8-6-7-15-27(2,3)4)21-24-12-10-14-26(19-24)30-22-25-13-9-11-23(18-25)20-28;/h6,8-14,18-19H,5,16-17,21-22H2,1-4H3;1H/b8-6+;. The molecule has 0 atom stereocenters. The van der Waals surface area contributed by atoms with E-state index in [-0.39, 0.29) is 17.8 Å². The molecule has 0 bridgehead atoms. The molecule has 2 rings (SSSR count). The highest BCUT2D eigenvalue weighted by Crippen LogP contribution is 2.17. The fraction of sp³-hybridized carbons (Fsp3) is 0.370. The Labute approximate surface area is 194 Å². The lowest BCUT2D eigenvalue weighted by molar-refractivity contribution is 0.290. The Morgan fingerprint density at radius 3 is 2.52 bits per heavy atom. The van der Waals surface area contributed by atoms with Gasteiger partial charge in [0.25, 0.3) is 0 Å². The zero-order chi connectivity index (χ0) is 21.8. The van der Waals surface area contributed by atoms with Crippen molar-refractivity contribution in [2.75, 3.05) is 13.1 Å². The van der Waals surface area contributed by atoms with E-state index in [0.29, 0.717) is 12.2 Å². The van der Waals surface area contributed by atoms with E-state index in [2.05, 4.69) is 68.7 Å². The van der Waals surface area contributed by atoms with E-state index in [1.807, 2.05) is 36.4 Å². The fourth-order valence-corrected chi connectivity index (χ4v) is 2.96. The van der Waals surface area contributed by atoms with Crippen molar-refractivity contribution in [3.05, 3.63) is 77.4 Å². The average molecular weight is 437 g/mol. The molecule has 0 aliphatic rings. The first kappa shape index (κ1) is 26.3. The first-order chi connectivity index (χ1) is 14.4. The molecule has 0 heterocycles. The van der Waals surface area contributed by atoms with E-state index in [0.717, 1.165) is 37.4 Å². The summed E-state index contributed by atoms with van der Waals surface area (Å²) in [6, 6.07) is 17.9. The van der Waals surface area contributed by atoms with E-state index >= 15 is 0 Å². The molecule has 3 nitrogen and oxygen atoms in total. The SMILES string of the molecule is CCCN(C/C=C/C#CC(C)(C)C)Cc1cccc(OCc2cccc(C#N)c2)c1.Cl. The minimum Gasteiger partial charge on any atom is -0.489 e. The molecule has 0 aromatic heterocycles. The summed E-state index contributed by atoms with van der Waals surface area (Å²) >= 11 is 0. The van der Waals surface area contributed by atoms with E-state index in [9.17, 15) is 0 Å². The number of nitriles is 1. The Bertz CT molecular complexity index is 942. The van der Waals surface area contributed by atoms with Crippen LogP contribution in [0.3, 0.4) is 0 Å². The summed E-state index contributed by atoms with van der Waals surface area (Å²) in [7, 11) is 0. The first-order valence-corrected chi connectivity index (χ1v) is 10.5. The van der Waals surface area contributed by atoms with Gasteiger partial charge in [0, 0.05) is 18.5 Å². The van der Waals surface area contributed by atoms with Gasteiger partial charge in [0.15, 0.2) is 0 Å². The molecule has 0 amide bonds. The van der Waals surface area contributed by atoms with Gasteiger partial charge in [-0.2, -0.15) is 5.26 Å². The molecule has 2 aromatic rings. The van der Waals surface area contributed by atoms with Crippen molar-refractivity contribution in [2.45, 2.75) is 47.3 Å². The van der Waals surface area contributed by atoms with Crippen LogP contribution in [-0.2, 0) is 13.2 Å². The summed E-state index contributed by atoms with van der Waals surface area (Å²) in [6.07, 6.45) is 5.20. The summed E-state index contributed by atoms with van der Waals surface area (Å²) in [5.41, 5.74) is 2.90. The van der Waals surface area contributed by atoms with Crippen LogP contribution < -0.4 is 4.74 Å². The lowest BCUT2D eigenvalue weighted by Gasteiger charge is -2.20. The molecule has 0 saturated carbocycles. The van der Waals surface area contributed by atoms with Crippen LogP contribution in [-0.4, -0.2) is 18.0 Å². The van der Waals surface area contributed by atoms with Gasteiger partial charge in [-0.05, 0) is 75.2 Å². The van der Waals surface area contributed by atoms with Gasteiger partial charge in [-0.1, -0.05) is 49.1 Å². The monoisotopic (exact) mass is 436 g/mol. The van der Waals surface area contributed by atoms with Gasteiger partial charge in [0.2, 0.25) is 0 Å². The molecule has 2 aromatic carbocycles. The number of ether oxygens (including phenoxy) is 1. The Morgan fingerprint density at radius 1 is 1.06 bits per heavy atom. The molecule has 0 fully saturated rings. The first-order valence-electron chi connectivity index (χ1n) is 10.5.